The lowest BCUT2D eigenvalue weighted by Crippen LogP contribution is -2.17. The first kappa shape index (κ1) is 10.8. The Morgan fingerprint density at radius 2 is 1.75 bits per heavy atom. The maximum absolute atomic E-state index is 12.1. The molecule has 0 fully saturated rings. The molecule has 0 aliphatic rings. The lowest BCUT2D eigenvalue weighted by atomic mass is 10.1. The molecule has 16 heavy (non-hydrogen) atoms. The van der Waals surface area contributed by atoms with Crippen LogP contribution in [-0.2, 0) is 0 Å². The Morgan fingerprint density at radius 3 is 2.44 bits per heavy atom. The summed E-state index contributed by atoms with van der Waals surface area (Å²) in [6.45, 7) is 1.76. The molecule has 1 nitrogen and oxygen atoms in total. The van der Waals surface area contributed by atoms with E-state index in [1.165, 1.54) is 12.1 Å². The molecule has 0 atom stereocenters. The molecule has 0 amide bonds. The highest BCUT2D eigenvalue weighted by Crippen LogP contribution is 2.28. The molecule has 0 heterocycles. The van der Waals surface area contributed by atoms with Crippen LogP contribution in [0.3, 0.4) is 0 Å². The van der Waals surface area contributed by atoms with Crippen LogP contribution >= 0.6 is 0 Å². The van der Waals surface area contributed by atoms with E-state index in [-0.39, 0.29) is 5.75 Å². The summed E-state index contributed by atoms with van der Waals surface area (Å²) in [7, 11) is 0. The molecule has 0 aromatic heterocycles. The van der Waals surface area contributed by atoms with Crippen molar-refractivity contribution in [1.29, 1.82) is 0 Å². The van der Waals surface area contributed by atoms with Crippen molar-refractivity contribution in [2.45, 2.75) is 13.3 Å². The fourth-order valence-corrected chi connectivity index (χ4v) is 1.66. The van der Waals surface area contributed by atoms with E-state index in [9.17, 15) is 13.2 Å². The van der Waals surface area contributed by atoms with Crippen molar-refractivity contribution in [1.82, 2.24) is 0 Å². The molecule has 0 radical (unpaired) electrons. The average molecular weight is 226 g/mol. The number of fused-ring (bicyclic) bond motifs is 1. The number of benzene rings is 2. The van der Waals surface area contributed by atoms with Gasteiger partial charge in [-0.3, -0.25) is 0 Å². The minimum absolute atomic E-state index is 0.177. The first-order valence-electron chi connectivity index (χ1n) is 4.71. The molecule has 0 aliphatic carbocycles. The van der Waals surface area contributed by atoms with Crippen LogP contribution in [-0.4, -0.2) is 6.36 Å². The number of hydrogen-bond donors (Lipinski definition) is 0. The van der Waals surface area contributed by atoms with Gasteiger partial charge in [0.05, 0.1) is 0 Å². The summed E-state index contributed by atoms with van der Waals surface area (Å²) in [5.41, 5.74) is 0.761. The zero-order chi connectivity index (χ0) is 11.8. The molecule has 2 rings (SSSR count). The molecule has 0 aliphatic heterocycles. The van der Waals surface area contributed by atoms with Crippen LogP contribution in [0.5, 0.6) is 5.75 Å². The molecule has 2 aromatic rings. The summed E-state index contributed by atoms with van der Waals surface area (Å²) in [5.74, 6) is -0.177. The summed E-state index contributed by atoms with van der Waals surface area (Å²) < 4.78 is 40.0. The van der Waals surface area contributed by atoms with E-state index in [0.29, 0.717) is 0 Å². The summed E-state index contributed by atoms with van der Waals surface area (Å²) in [6.07, 6.45) is -4.64. The fourth-order valence-electron chi connectivity index (χ4n) is 1.66. The molecule has 84 valence electrons. The third-order valence-electron chi connectivity index (χ3n) is 2.28. The Balaban J connectivity index is 2.50. The highest BCUT2D eigenvalue weighted by molar-refractivity contribution is 5.86. The summed E-state index contributed by atoms with van der Waals surface area (Å²) in [4.78, 5) is 0. The molecule has 0 saturated heterocycles. The Hall–Kier alpha value is -1.71. The molecule has 0 N–H and O–H groups in total. The van der Waals surface area contributed by atoms with Crippen molar-refractivity contribution in [3.05, 3.63) is 42.0 Å². The van der Waals surface area contributed by atoms with Crippen LogP contribution in [0.1, 0.15) is 5.56 Å². The number of ether oxygens (including phenoxy) is 1. The zero-order valence-electron chi connectivity index (χ0n) is 8.51. The van der Waals surface area contributed by atoms with Gasteiger partial charge in [-0.25, -0.2) is 0 Å². The van der Waals surface area contributed by atoms with Gasteiger partial charge in [-0.15, -0.1) is 13.2 Å². The Labute approximate surface area is 90.5 Å². The van der Waals surface area contributed by atoms with Crippen molar-refractivity contribution in [2.24, 2.45) is 0 Å². The number of alkyl halides is 3. The molecular formula is C12H9F3O. The van der Waals surface area contributed by atoms with Gasteiger partial charge in [0, 0.05) is 0 Å². The van der Waals surface area contributed by atoms with Crippen molar-refractivity contribution >= 4 is 10.8 Å². The van der Waals surface area contributed by atoms with E-state index in [1.54, 1.807) is 19.1 Å². The van der Waals surface area contributed by atoms with Crippen LogP contribution in [0.4, 0.5) is 13.2 Å². The summed E-state index contributed by atoms with van der Waals surface area (Å²) >= 11 is 0. The van der Waals surface area contributed by atoms with E-state index in [2.05, 4.69) is 4.74 Å². The van der Waals surface area contributed by atoms with E-state index < -0.39 is 6.36 Å². The van der Waals surface area contributed by atoms with Gasteiger partial charge in [0.25, 0.3) is 0 Å². The molecule has 0 saturated carbocycles. The standard InChI is InChI=1S/C12H9F3O/c1-8-6-10(16-12(13,14)15)7-9-4-2-3-5-11(8)9/h2-7H,1H3. The van der Waals surface area contributed by atoms with Crippen LogP contribution in [0, 0.1) is 6.92 Å². The SMILES string of the molecule is Cc1cc(OC(F)(F)F)cc2ccccc12. The predicted molar refractivity (Wildman–Crippen MR) is 55.4 cm³/mol. The molecule has 2 aromatic carbocycles. The maximum Gasteiger partial charge on any atom is 0.573 e. The highest BCUT2D eigenvalue weighted by Gasteiger charge is 2.31. The van der Waals surface area contributed by atoms with Gasteiger partial charge in [0.2, 0.25) is 0 Å². The van der Waals surface area contributed by atoms with Gasteiger partial charge in [0.1, 0.15) is 5.75 Å². The second-order valence-electron chi connectivity index (χ2n) is 3.51. The second-order valence-corrected chi connectivity index (χ2v) is 3.51. The molecule has 0 unspecified atom stereocenters. The van der Waals surface area contributed by atoms with Gasteiger partial charge in [-0.1, -0.05) is 24.3 Å². The summed E-state index contributed by atoms with van der Waals surface area (Å²) in [5, 5.41) is 1.67. The average Bonchev–Trinajstić information content (AvgIpc) is 2.15. The van der Waals surface area contributed by atoms with Crippen LogP contribution < -0.4 is 4.74 Å². The first-order valence-corrected chi connectivity index (χ1v) is 4.71. The zero-order valence-corrected chi connectivity index (χ0v) is 8.51. The van der Waals surface area contributed by atoms with Gasteiger partial charge >= 0.3 is 6.36 Å². The van der Waals surface area contributed by atoms with Crippen molar-refractivity contribution in [3.63, 3.8) is 0 Å². The van der Waals surface area contributed by atoms with Crippen molar-refractivity contribution < 1.29 is 17.9 Å². The molecular weight excluding hydrogens is 217 g/mol. The largest absolute Gasteiger partial charge is 0.573 e. The minimum atomic E-state index is -4.64. The quantitative estimate of drug-likeness (QED) is 0.712. The maximum atomic E-state index is 12.1. The van der Waals surface area contributed by atoms with Gasteiger partial charge < -0.3 is 4.74 Å². The molecule has 0 spiro atoms. The smallest absolute Gasteiger partial charge is 0.406 e. The predicted octanol–water partition coefficient (Wildman–Crippen LogP) is 4.05. The lowest BCUT2D eigenvalue weighted by molar-refractivity contribution is -0.274. The normalized spacial score (nSPS) is 11.8. The Kier molecular flexibility index (Phi) is 2.50. The van der Waals surface area contributed by atoms with E-state index >= 15 is 0 Å². The molecule has 4 heteroatoms. The number of halogens is 3. The van der Waals surface area contributed by atoms with Crippen LogP contribution in [0.15, 0.2) is 36.4 Å². The van der Waals surface area contributed by atoms with Gasteiger partial charge in [0.15, 0.2) is 0 Å². The van der Waals surface area contributed by atoms with Crippen molar-refractivity contribution in [3.8, 4) is 5.75 Å². The summed E-state index contributed by atoms with van der Waals surface area (Å²) in [6, 6.07) is 10.0. The fraction of sp³-hybridized carbons (Fsp3) is 0.167. The van der Waals surface area contributed by atoms with Crippen molar-refractivity contribution in [2.75, 3.05) is 0 Å². The third-order valence-corrected chi connectivity index (χ3v) is 2.28. The van der Waals surface area contributed by atoms with E-state index in [0.717, 1.165) is 16.3 Å². The lowest BCUT2D eigenvalue weighted by Gasteiger charge is -2.11. The Morgan fingerprint density at radius 1 is 1.06 bits per heavy atom. The number of aryl methyl sites for hydroxylation is 1. The molecule has 0 bridgehead atoms. The van der Waals surface area contributed by atoms with Crippen LogP contribution in [0.25, 0.3) is 10.8 Å². The topological polar surface area (TPSA) is 9.23 Å². The second kappa shape index (κ2) is 3.70. The number of rotatable bonds is 1. The Bertz CT molecular complexity index is 517. The third kappa shape index (κ3) is 2.27. The minimum Gasteiger partial charge on any atom is -0.406 e. The van der Waals surface area contributed by atoms with Gasteiger partial charge in [-0.2, -0.15) is 0 Å². The highest BCUT2D eigenvalue weighted by atomic mass is 19.4. The van der Waals surface area contributed by atoms with Gasteiger partial charge in [-0.05, 0) is 35.4 Å². The van der Waals surface area contributed by atoms with E-state index in [1.807, 2.05) is 12.1 Å². The monoisotopic (exact) mass is 226 g/mol. The number of hydrogen-bond acceptors (Lipinski definition) is 1. The first-order chi connectivity index (χ1) is 7.46. The van der Waals surface area contributed by atoms with E-state index in [4.69, 9.17) is 0 Å². The van der Waals surface area contributed by atoms with Crippen LogP contribution in [0.2, 0.25) is 0 Å².